The monoisotopic (exact) mass is 249 g/mol. The fourth-order valence-electron chi connectivity index (χ4n) is 3.54. The van der Waals surface area contributed by atoms with E-state index in [9.17, 15) is 5.11 Å². The quantitative estimate of drug-likeness (QED) is 0.855. The van der Waals surface area contributed by atoms with Crippen LogP contribution in [0.3, 0.4) is 0 Å². The number of piperidine rings is 1. The molecular weight excluding hydrogens is 226 g/mol. The maximum atomic E-state index is 10.6. The third kappa shape index (κ3) is 2.45. The molecule has 18 heavy (non-hydrogen) atoms. The van der Waals surface area contributed by atoms with Crippen molar-refractivity contribution in [3.63, 3.8) is 0 Å². The molecule has 2 aliphatic rings. The van der Waals surface area contributed by atoms with E-state index in [0.29, 0.717) is 5.92 Å². The molecule has 1 aromatic heterocycles. The van der Waals surface area contributed by atoms with Crippen molar-refractivity contribution in [1.29, 1.82) is 0 Å². The Bertz CT molecular complexity index is 378. The number of rotatable bonds is 3. The predicted octanol–water partition coefficient (Wildman–Crippen LogP) is 1.58. The first-order valence-electron chi connectivity index (χ1n) is 7.19. The number of likely N-dealkylation sites (tertiary alicyclic amines) is 1. The zero-order chi connectivity index (χ0) is 12.4. The molecule has 0 amide bonds. The van der Waals surface area contributed by atoms with E-state index in [2.05, 4.69) is 14.9 Å². The van der Waals surface area contributed by atoms with Gasteiger partial charge in [-0.15, -0.1) is 0 Å². The summed E-state index contributed by atoms with van der Waals surface area (Å²) in [5, 5.41) is 10.6. The molecule has 0 aromatic carbocycles. The van der Waals surface area contributed by atoms with Crippen molar-refractivity contribution in [3.8, 4) is 0 Å². The van der Waals surface area contributed by atoms with E-state index in [1.54, 1.807) is 0 Å². The van der Waals surface area contributed by atoms with Gasteiger partial charge in [0, 0.05) is 44.4 Å². The van der Waals surface area contributed by atoms with Crippen LogP contribution in [0, 0.1) is 5.92 Å². The molecule has 1 aromatic rings. The van der Waals surface area contributed by atoms with E-state index in [1.165, 1.54) is 19.3 Å². The molecule has 2 atom stereocenters. The highest BCUT2D eigenvalue weighted by Crippen LogP contribution is 2.39. The molecule has 1 saturated carbocycles. The average molecular weight is 249 g/mol. The van der Waals surface area contributed by atoms with Crippen LogP contribution in [-0.2, 0) is 6.42 Å². The van der Waals surface area contributed by atoms with Gasteiger partial charge in [0.2, 0.25) is 0 Å². The SMILES string of the molecule is O[C@]12CCCC[C@H]1CN(CCc1ncc[nH]1)CC2. The summed E-state index contributed by atoms with van der Waals surface area (Å²) in [4.78, 5) is 9.91. The van der Waals surface area contributed by atoms with Gasteiger partial charge in [0.05, 0.1) is 5.60 Å². The van der Waals surface area contributed by atoms with Gasteiger partial charge in [-0.25, -0.2) is 4.98 Å². The highest BCUT2D eigenvalue weighted by atomic mass is 16.3. The molecule has 0 spiro atoms. The van der Waals surface area contributed by atoms with Crippen LogP contribution in [0.1, 0.15) is 37.9 Å². The first kappa shape index (κ1) is 12.2. The maximum absolute atomic E-state index is 10.6. The van der Waals surface area contributed by atoms with Crippen molar-refractivity contribution in [1.82, 2.24) is 14.9 Å². The number of nitrogens with one attached hydrogen (secondary N) is 1. The van der Waals surface area contributed by atoms with Crippen LogP contribution in [0.25, 0.3) is 0 Å². The molecule has 1 aliphatic carbocycles. The lowest BCUT2D eigenvalue weighted by Crippen LogP contribution is -2.53. The number of hydrogen-bond donors (Lipinski definition) is 2. The molecule has 0 bridgehead atoms. The topological polar surface area (TPSA) is 52.1 Å². The van der Waals surface area contributed by atoms with Crippen molar-refractivity contribution >= 4 is 0 Å². The maximum Gasteiger partial charge on any atom is 0.107 e. The number of hydrogen-bond acceptors (Lipinski definition) is 3. The molecule has 0 unspecified atom stereocenters. The summed E-state index contributed by atoms with van der Waals surface area (Å²) in [6.45, 7) is 3.16. The third-order valence-corrected chi connectivity index (χ3v) is 4.73. The first-order valence-corrected chi connectivity index (χ1v) is 7.19. The molecule has 2 N–H and O–H groups in total. The Hall–Kier alpha value is -0.870. The lowest BCUT2D eigenvalue weighted by atomic mass is 9.71. The summed E-state index contributed by atoms with van der Waals surface area (Å²) < 4.78 is 0. The standard InChI is InChI=1S/C14H23N3O/c18-14-5-2-1-3-12(14)11-17(10-6-14)9-4-13-15-7-8-16-13/h7-8,12,18H,1-6,9-11H2,(H,15,16)/t12-,14-/m0/s1. The van der Waals surface area contributed by atoms with Crippen LogP contribution in [0.2, 0.25) is 0 Å². The lowest BCUT2D eigenvalue weighted by Gasteiger charge is -2.47. The minimum absolute atomic E-state index is 0.348. The summed E-state index contributed by atoms with van der Waals surface area (Å²) in [5.41, 5.74) is -0.348. The Kier molecular flexibility index (Phi) is 3.39. The van der Waals surface area contributed by atoms with Crippen molar-refractivity contribution in [2.45, 2.75) is 44.1 Å². The molecule has 3 rings (SSSR count). The Labute approximate surface area is 108 Å². The Balaban J connectivity index is 1.54. The van der Waals surface area contributed by atoms with Gasteiger partial charge in [-0.1, -0.05) is 12.8 Å². The molecule has 1 aliphatic heterocycles. The van der Waals surface area contributed by atoms with Gasteiger partial charge in [-0.3, -0.25) is 0 Å². The minimum Gasteiger partial charge on any atom is -0.390 e. The lowest BCUT2D eigenvalue weighted by molar-refractivity contribution is -0.0950. The van der Waals surface area contributed by atoms with E-state index in [0.717, 1.165) is 44.7 Å². The fraction of sp³-hybridized carbons (Fsp3) is 0.786. The fourth-order valence-corrected chi connectivity index (χ4v) is 3.54. The van der Waals surface area contributed by atoms with Crippen LogP contribution >= 0.6 is 0 Å². The van der Waals surface area contributed by atoms with E-state index >= 15 is 0 Å². The van der Waals surface area contributed by atoms with Gasteiger partial charge in [0.1, 0.15) is 5.82 Å². The van der Waals surface area contributed by atoms with E-state index < -0.39 is 0 Å². The number of aromatic nitrogens is 2. The summed E-state index contributed by atoms with van der Waals surface area (Å²) in [5.74, 6) is 1.57. The first-order chi connectivity index (χ1) is 8.76. The molecular formula is C14H23N3O. The van der Waals surface area contributed by atoms with E-state index in [-0.39, 0.29) is 5.60 Å². The normalized spacial score (nSPS) is 33.3. The van der Waals surface area contributed by atoms with Crippen LogP contribution in [-0.4, -0.2) is 45.2 Å². The van der Waals surface area contributed by atoms with Crippen molar-refractivity contribution in [3.05, 3.63) is 18.2 Å². The molecule has 4 heteroatoms. The molecule has 2 heterocycles. The van der Waals surface area contributed by atoms with Gasteiger partial charge in [-0.05, 0) is 19.3 Å². The Morgan fingerprint density at radius 2 is 2.39 bits per heavy atom. The van der Waals surface area contributed by atoms with Gasteiger partial charge in [-0.2, -0.15) is 0 Å². The smallest absolute Gasteiger partial charge is 0.107 e. The van der Waals surface area contributed by atoms with Gasteiger partial charge >= 0.3 is 0 Å². The second kappa shape index (κ2) is 5.02. The molecule has 4 nitrogen and oxygen atoms in total. The van der Waals surface area contributed by atoms with E-state index in [4.69, 9.17) is 0 Å². The van der Waals surface area contributed by atoms with E-state index in [1.807, 2.05) is 12.4 Å². The molecule has 100 valence electrons. The Morgan fingerprint density at radius 1 is 1.44 bits per heavy atom. The van der Waals surface area contributed by atoms with Crippen LogP contribution in [0.5, 0.6) is 0 Å². The number of aliphatic hydroxyl groups is 1. The van der Waals surface area contributed by atoms with Crippen molar-refractivity contribution in [2.24, 2.45) is 5.92 Å². The average Bonchev–Trinajstić information content (AvgIpc) is 2.89. The predicted molar refractivity (Wildman–Crippen MR) is 70.3 cm³/mol. The third-order valence-electron chi connectivity index (χ3n) is 4.73. The summed E-state index contributed by atoms with van der Waals surface area (Å²) >= 11 is 0. The second-order valence-electron chi connectivity index (χ2n) is 5.88. The number of H-pyrrole nitrogens is 1. The van der Waals surface area contributed by atoms with Crippen molar-refractivity contribution < 1.29 is 5.11 Å². The molecule has 0 radical (unpaired) electrons. The summed E-state index contributed by atoms with van der Waals surface area (Å²) in [6.07, 6.45) is 10.3. The highest BCUT2D eigenvalue weighted by Gasteiger charge is 2.42. The molecule has 1 saturated heterocycles. The number of nitrogens with zero attached hydrogens (tertiary/aromatic N) is 2. The zero-order valence-corrected chi connectivity index (χ0v) is 10.9. The minimum atomic E-state index is -0.348. The second-order valence-corrected chi connectivity index (χ2v) is 5.88. The largest absolute Gasteiger partial charge is 0.390 e. The van der Waals surface area contributed by atoms with Crippen LogP contribution in [0.4, 0.5) is 0 Å². The van der Waals surface area contributed by atoms with Gasteiger partial charge in [0.15, 0.2) is 0 Å². The summed E-state index contributed by atoms with van der Waals surface area (Å²) in [7, 11) is 0. The highest BCUT2D eigenvalue weighted by molar-refractivity contribution is 4.96. The summed E-state index contributed by atoms with van der Waals surface area (Å²) in [6, 6.07) is 0. The van der Waals surface area contributed by atoms with Crippen LogP contribution in [0.15, 0.2) is 12.4 Å². The zero-order valence-electron chi connectivity index (χ0n) is 10.9. The van der Waals surface area contributed by atoms with Crippen LogP contribution < -0.4 is 0 Å². The Morgan fingerprint density at radius 3 is 3.22 bits per heavy atom. The molecule has 2 fully saturated rings. The van der Waals surface area contributed by atoms with Crippen molar-refractivity contribution in [2.75, 3.05) is 19.6 Å². The number of imidazole rings is 1. The number of aromatic amines is 1. The number of fused-ring (bicyclic) bond motifs is 1. The van der Waals surface area contributed by atoms with Gasteiger partial charge in [0.25, 0.3) is 0 Å². The van der Waals surface area contributed by atoms with Gasteiger partial charge < -0.3 is 15.0 Å².